The Morgan fingerprint density at radius 1 is 1.05 bits per heavy atom. The van der Waals surface area contributed by atoms with Crippen molar-refractivity contribution in [1.29, 1.82) is 0 Å². The maximum atomic E-state index is 12.1. The molecule has 0 aliphatic rings. The molecule has 0 spiro atoms. The van der Waals surface area contributed by atoms with E-state index in [0.29, 0.717) is 5.56 Å². The van der Waals surface area contributed by atoms with Gasteiger partial charge in [-0.15, -0.1) is 0 Å². The van der Waals surface area contributed by atoms with Crippen molar-refractivity contribution in [3.63, 3.8) is 0 Å². The first-order chi connectivity index (χ1) is 10.2. The fraction of sp³-hybridized carbons (Fsp3) is 0. The highest BCUT2D eigenvalue weighted by Crippen LogP contribution is 2.11. The smallest absolute Gasteiger partial charge is 0.187 e. The van der Waals surface area contributed by atoms with E-state index in [9.17, 15) is 4.79 Å². The third-order valence-electron chi connectivity index (χ3n) is 2.70. The summed E-state index contributed by atoms with van der Waals surface area (Å²) in [6, 6.07) is 18.5. The van der Waals surface area contributed by atoms with E-state index in [-0.39, 0.29) is 10.9 Å². The van der Waals surface area contributed by atoms with Crippen LogP contribution in [0.1, 0.15) is 10.4 Å². The van der Waals surface area contributed by atoms with Crippen molar-refractivity contribution in [1.82, 2.24) is 5.43 Å². The summed E-state index contributed by atoms with van der Waals surface area (Å²) < 4.78 is 0. The molecule has 0 saturated heterocycles. The van der Waals surface area contributed by atoms with Crippen molar-refractivity contribution in [2.24, 2.45) is 5.73 Å². The molecule has 5 heteroatoms. The Morgan fingerprint density at radius 3 is 2.19 bits per heavy atom. The van der Waals surface area contributed by atoms with E-state index < -0.39 is 0 Å². The lowest BCUT2D eigenvalue weighted by molar-refractivity contribution is 0.104. The Kier molecular flexibility index (Phi) is 5.06. The van der Waals surface area contributed by atoms with Crippen LogP contribution < -0.4 is 16.2 Å². The molecule has 21 heavy (non-hydrogen) atoms. The maximum Gasteiger partial charge on any atom is 0.187 e. The fourth-order valence-corrected chi connectivity index (χ4v) is 1.83. The topological polar surface area (TPSA) is 58.4 Å². The number of thiocarbonyl (C=S) groups is 1. The van der Waals surface area contributed by atoms with E-state index in [4.69, 9.17) is 18.0 Å². The summed E-state index contributed by atoms with van der Waals surface area (Å²) in [5, 5.41) is 1.72. The van der Waals surface area contributed by atoms with Crippen LogP contribution >= 0.6 is 12.2 Å². The van der Waals surface area contributed by atoms with Gasteiger partial charge < -0.3 is 5.73 Å². The molecular formula is C16H15N3OS. The summed E-state index contributed by atoms with van der Waals surface area (Å²) in [5.41, 5.74) is 9.76. The number of nitrogens with two attached hydrogens (primary N) is 1. The van der Waals surface area contributed by atoms with Crippen LogP contribution in [-0.2, 0) is 0 Å². The molecule has 0 amide bonds. The van der Waals surface area contributed by atoms with E-state index in [0.717, 1.165) is 5.69 Å². The monoisotopic (exact) mass is 297 g/mol. The van der Waals surface area contributed by atoms with E-state index in [1.54, 1.807) is 23.3 Å². The van der Waals surface area contributed by atoms with Crippen LogP contribution in [-0.4, -0.2) is 10.9 Å². The summed E-state index contributed by atoms with van der Waals surface area (Å²) in [6.07, 6.45) is 3.07. The first-order valence-corrected chi connectivity index (χ1v) is 6.75. The average Bonchev–Trinajstić information content (AvgIpc) is 2.52. The highest BCUT2D eigenvalue weighted by Gasteiger charge is 2.05. The number of hydrogen-bond donors (Lipinski definition) is 2. The number of rotatable bonds is 5. The van der Waals surface area contributed by atoms with Gasteiger partial charge in [0.25, 0.3) is 0 Å². The first-order valence-electron chi connectivity index (χ1n) is 6.35. The molecule has 0 bridgehead atoms. The second kappa shape index (κ2) is 7.21. The van der Waals surface area contributed by atoms with Gasteiger partial charge in [0.15, 0.2) is 10.9 Å². The second-order valence-electron chi connectivity index (χ2n) is 4.23. The molecule has 0 aliphatic carbocycles. The number of ketones is 1. The number of allylic oxidation sites excluding steroid dienone is 1. The van der Waals surface area contributed by atoms with Gasteiger partial charge in [0, 0.05) is 17.8 Å². The Labute approximate surface area is 128 Å². The predicted octanol–water partition coefficient (Wildman–Crippen LogP) is 2.64. The molecule has 2 aromatic carbocycles. The molecule has 0 fully saturated rings. The third kappa shape index (κ3) is 4.43. The summed E-state index contributed by atoms with van der Waals surface area (Å²) in [5.74, 6) is -0.0960. The van der Waals surface area contributed by atoms with Crippen LogP contribution in [0.5, 0.6) is 0 Å². The highest BCUT2D eigenvalue weighted by atomic mass is 32.1. The first kappa shape index (κ1) is 14.7. The molecular weight excluding hydrogens is 282 g/mol. The van der Waals surface area contributed by atoms with Crippen LogP contribution in [0.3, 0.4) is 0 Å². The zero-order valence-electron chi connectivity index (χ0n) is 11.3. The molecule has 0 unspecified atom stereocenters. The minimum absolute atomic E-state index is 0.0960. The average molecular weight is 297 g/mol. The predicted molar refractivity (Wildman–Crippen MR) is 88.8 cm³/mol. The number of nitrogens with one attached hydrogen (secondary N) is 1. The molecule has 0 radical (unpaired) electrons. The zero-order chi connectivity index (χ0) is 15.1. The molecule has 106 valence electrons. The number of para-hydroxylation sites is 1. The van der Waals surface area contributed by atoms with E-state index in [2.05, 4.69) is 5.43 Å². The number of hydrazine groups is 1. The Balaban J connectivity index is 2.17. The number of anilines is 1. The molecule has 0 atom stereocenters. The number of carbonyl (C=O) groups is 1. The molecule has 0 aliphatic heterocycles. The Morgan fingerprint density at radius 2 is 1.62 bits per heavy atom. The van der Waals surface area contributed by atoms with Gasteiger partial charge in [-0.3, -0.25) is 15.2 Å². The lowest BCUT2D eigenvalue weighted by Gasteiger charge is -2.21. The van der Waals surface area contributed by atoms with E-state index >= 15 is 0 Å². The van der Waals surface area contributed by atoms with Gasteiger partial charge in [-0.2, -0.15) is 0 Å². The highest BCUT2D eigenvalue weighted by molar-refractivity contribution is 7.80. The standard InChI is InChI=1S/C16H15N3OS/c17-16(21)18-19(14-9-5-2-6-10-14)12-11-15(20)13-7-3-1-4-8-13/h1-12H,(H3,17,18,21)/b12-11+. The van der Waals surface area contributed by atoms with Crippen molar-refractivity contribution in [3.05, 3.63) is 78.5 Å². The van der Waals surface area contributed by atoms with Crippen molar-refractivity contribution >= 4 is 28.8 Å². The zero-order valence-corrected chi connectivity index (χ0v) is 12.1. The summed E-state index contributed by atoms with van der Waals surface area (Å²) in [6.45, 7) is 0. The van der Waals surface area contributed by atoms with Crippen molar-refractivity contribution in [2.75, 3.05) is 5.01 Å². The van der Waals surface area contributed by atoms with Crippen molar-refractivity contribution < 1.29 is 4.79 Å². The summed E-state index contributed by atoms with van der Waals surface area (Å²) in [4.78, 5) is 12.1. The lowest BCUT2D eigenvalue weighted by Crippen LogP contribution is -2.41. The molecule has 4 nitrogen and oxygen atoms in total. The van der Waals surface area contributed by atoms with E-state index in [1.165, 1.54) is 6.08 Å². The minimum Gasteiger partial charge on any atom is -0.375 e. The quantitative estimate of drug-likeness (QED) is 0.384. The van der Waals surface area contributed by atoms with Gasteiger partial charge in [-0.25, -0.2) is 0 Å². The Hall–Kier alpha value is -2.66. The molecule has 0 saturated carbocycles. The van der Waals surface area contributed by atoms with Gasteiger partial charge >= 0.3 is 0 Å². The van der Waals surface area contributed by atoms with Crippen molar-refractivity contribution in [3.8, 4) is 0 Å². The SMILES string of the molecule is NC(=S)NN(/C=C/C(=O)c1ccccc1)c1ccccc1. The molecule has 0 aromatic heterocycles. The van der Waals surface area contributed by atoms with Crippen LogP contribution in [0.4, 0.5) is 5.69 Å². The fourth-order valence-electron chi connectivity index (χ4n) is 1.74. The molecule has 2 rings (SSSR count). The number of benzene rings is 2. The van der Waals surface area contributed by atoms with Crippen LogP contribution in [0.15, 0.2) is 72.9 Å². The van der Waals surface area contributed by atoms with Gasteiger partial charge in [-0.05, 0) is 24.4 Å². The lowest BCUT2D eigenvalue weighted by atomic mass is 10.1. The van der Waals surface area contributed by atoms with Gasteiger partial charge in [0.1, 0.15) is 0 Å². The molecule has 0 heterocycles. The van der Waals surface area contributed by atoms with Gasteiger partial charge in [0.05, 0.1) is 5.69 Å². The number of carbonyl (C=O) groups excluding carboxylic acids is 1. The maximum absolute atomic E-state index is 12.1. The molecule has 3 N–H and O–H groups in total. The van der Waals surface area contributed by atoms with Gasteiger partial charge in [0.2, 0.25) is 0 Å². The largest absolute Gasteiger partial charge is 0.375 e. The van der Waals surface area contributed by atoms with Crippen molar-refractivity contribution in [2.45, 2.75) is 0 Å². The second-order valence-corrected chi connectivity index (χ2v) is 4.67. The van der Waals surface area contributed by atoms with Crippen LogP contribution in [0.25, 0.3) is 0 Å². The third-order valence-corrected chi connectivity index (χ3v) is 2.79. The van der Waals surface area contributed by atoms with Gasteiger partial charge in [-0.1, -0.05) is 48.5 Å². The number of nitrogens with zero attached hydrogens (tertiary/aromatic N) is 1. The molecule has 2 aromatic rings. The van der Waals surface area contributed by atoms with Crippen LogP contribution in [0.2, 0.25) is 0 Å². The van der Waals surface area contributed by atoms with E-state index in [1.807, 2.05) is 48.5 Å². The number of hydrogen-bond acceptors (Lipinski definition) is 3. The van der Waals surface area contributed by atoms with Crippen LogP contribution in [0, 0.1) is 0 Å². The summed E-state index contributed by atoms with van der Waals surface area (Å²) in [7, 11) is 0. The summed E-state index contributed by atoms with van der Waals surface area (Å²) >= 11 is 4.85. The Bertz CT molecular complexity index is 641. The minimum atomic E-state index is -0.0960. The normalized spacial score (nSPS) is 10.3.